The molecule has 6 nitrogen and oxygen atoms in total. The molecule has 0 radical (unpaired) electrons. The van der Waals surface area contributed by atoms with Gasteiger partial charge < -0.3 is 9.64 Å². The van der Waals surface area contributed by atoms with E-state index < -0.39 is 0 Å². The summed E-state index contributed by atoms with van der Waals surface area (Å²) >= 11 is 11.3. The number of hydrogen-bond acceptors (Lipinski definition) is 4. The van der Waals surface area contributed by atoms with Gasteiger partial charge in [-0.2, -0.15) is 5.10 Å². The van der Waals surface area contributed by atoms with Crippen LogP contribution in [0.4, 0.5) is 0 Å². The molecule has 0 unspecified atom stereocenters. The Morgan fingerprint density at radius 2 is 1.96 bits per heavy atom. The third-order valence-corrected chi connectivity index (χ3v) is 4.82. The number of benzene rings is 2. The van der Waals surface area contributed by atoms with Crippen LogP contribution in [0.1, 0.15) is 12.5 Å². The summed E-state index contributed by atoms with van der Waals surface area (Å²) in [6.07, 6.45) is 0. The first-order valence-electron chi connectivity index (χ1n) is 8.85. The van der Waals surface area contributed by atoms with E-state index in [2.05, 4.69) is 10.2 Å². The lowest BCUT2D eigenvalue weighted by Gasteiger charge is -2.20. The first kappa shape index (κ1) is 20.1. The average molecular weight is 417 g/mol. The molecule has 0 atom stereocenters. The zero-order chi connectivity index (χ0) is 20.1. The Hall–Kier alpha value is -2.64. The van der Waals surface area contributed by atoms with Crippen molar-refractivity contribution in [1.29, 1.82) is 0 Å². The first-order valence-corrected chi connectivity index (χ1v) is 9.64. The number of halogens is 1. The molecular weight excluding hydrogens is 396 g/mol. The average Bonchev–Trinajstić information content (AvgIpc) is 3.04. The zero-order valence-corrected chi connectivity index (χ0v) is 17.3. The zero-order valence-electron chi connectivity index (χ0n) is 15.7. The quantitative estimate of drug-likeness (QED) is 0.582. The van der Waals surface area contributed by atoms with E-state index in [1.54, 1.807) is 28.6 Å². The number of likely N-dealkylation sites (N-methyl/N-ethyl adjacent to an activating group) is 1. The molecule has 0 spiro atoms. The van der Waals surface area contributed by atoms with Gasteiger partial charge in [0, 0.05) is 29.7 Å². The summed E-state index contributed by atoms with van der Waals surface area (Å²) in [5.41, 5.74) is 1.78. The monoisotopic (exact) mass is 416 g/mol. The van der Waals surface area contributed by atoms with Gasteiger partial charge in [0.1, 0.15) is 12.3 Å². The number of nitrogens with one attached hydrogen (secondary N) is 1. The molecule has 146 valence electrons. The Morgan fingerprint density at radius 3 is 2.68 bits per heavy atom. The van der Waals surface area contributed by atoms with Crippen LogP contribution in [-0.4, -0.2) is 39.2 Å². The summed E-state index contributed by atoms with van der Waals surface area (Å²) in [4.78, 5) is 14.5. The van der Waals surface area contributed by atoms with Crippen molar-refractivity contribution in [2.45, 2.75) is 20.0 Å². The predicted octanol–water partition coefficient (Wildman–Crippen LogP) is 4.32. The van der Waals surface area contributed by atoms with Crippen LogP contribution in [0.2, 0.25) is 5.02 Å². The normalized spacial score (nSPS) is 10.7. The smallest absolute Gasteiger partial charge is 0.242 e. The van der Waals surface area contributed by atoms with Gasteiger partial charge in [0.2, 0.25) is 5.91 Å². The number of hydrogen-bond donors (Lipinski definition) is 1. The van der Waals surface area contributed by atoms with E-state index in [4.69, 9.17) is 28.6 Å². The van der Waals surface area contributed by atoms with E-state index in [1.807, 2.05) is 43.3 Å². The highest BCUT2D eigenvalue weighted by atomic mass is 35.5. The van der Waals surface area contributed by atoms with Gasteiger partial charge in [-0.25, -0.2) is 0 Å². The highest BCUT2D eigenvalue weighted by Crippen LogP contribution is 2.21. The number of carbonyl (C=O) groups excluding carboxylic acids is 1. The Balaban J connectivity index is 1.77. The van der Waals surface area contributed by atoms with E-state index in [-0.39, 0.29) is 12.5 Å². The van der Waals surface area contributed by atoms with Gasteiger partial charge in [0.05, 0.1) is 6.61 Å². The molecule has 0 bridgehead atoms. The maximum Gasteiger partial charge on any atom is 0.242 e. The SMILES string of the molecule is CCOc1ccccc1CN(C)C(=O)Cn1c(-c2ccc(Cl)cc2)n[nH]c1=S. The third kappa shape index (κ3) is 4.61. The highest BCUT2D eigenvalue weighted by Gasteiger charge is 2.16. The minimum atomic E-state index is -0.0842. The van der Waals surface area contributed by atoms with Crippen LogP contribution in [0, 0.1) is 4.77 Å². The predicted molar refractivity (Wildman–Crippen MR) is 112 cm³/mol. The Bertz CT molecular complexity index is 1010. The summed E-state index contributed by atoms with van der Waals surface area (Å²) in [5, 5.41) is 7.66. The van der Waals surface area contributed by atoms with Crippen molar-refractivity contribution in [3.8, 4) is 17.1 Å². The number of amides is 1. The van der Waals surface area contributed by atoms with E-state index in [0.29, 0.717) is 28.8 Å². The highest BCUT2D eigenvalue weighted by molar-refractivity contribution is 7.71. The van der Waals surface area contributed by atoms with Crippen LogP contribution < -0.4 is 4.74 Å². The molecule has 1 amide bonds. The number of H-pyrrole nitrogens is 1. The molecule has 3 aromatic rings. The molecule has 2 aromatic carbocycles. The van der Waals surface area contributed by atoms with Gasteiger partial charge in [0.15, 0.2) is 10.6 Å². The third-order valence-electron chi connectivity index (χ3n) is 4.26. The number of nitrogens with zero attached hydrogens (tertiary/aromatic N) is 3. The van der Waals surface area contributed by atoms with E-state index in [0.717, 1.165) is 16.9 Å². The minimum Gasteiger partial charge on any atom is -0.494 e. The molecule has 3 rings (SSSR count). The summed E-state index contributed by atoms with van der Waals surface area (Å²) < 4.78 is 7.72. The molecular formula is C20H21ClN4O2S. The summed E-state index contributed by atoms with van der Waals surface area (Å²) in [7, 11) is 1.76. The van der Waals surface area contributed by atoms with E-state index in [9.17, 15) is 4.79 Å². The summed E-state index contributed by atoms with van der Waals surface area (Å²) in [5.74, 6) is 1.29. The Kier molecular flexibility index (Phi) is 6.49. The fraction of sp³-hybridized carbons (Fsp3) is 0.250. The number of carbonyl (C=O) groups is 1. The maximum atomic E-state index is 12.8. The lowest BCUT2D eigenvalue weighted by molar-refractivity contribution is -0.131. The molecule has 1 aromatic heterocycles. The lowest BCUT2D eigenvalue weighted by Crippen LogP contribution is -2.30. The van der Waals surface area contributed by atoms with Crippen molar-refractivity contribution in [2.75, 3.05) is 13.7 Å². The molecule has 0 aliphatic carbocycles. The maximum absolute atomic E-state index is 12.8. The van der Waals surface area contributed by atoms with Crippen molar-refractivity contribution >= 4 is 29.7 Å². The van der Waals surface area contributed by atoms with Gasteiger partial charge in [-0.1, -0.05) is 29.8 Å². The number of para-hydroxylation sites is 1. The second-order valence-corrected chi connectivity index (χ2v) is 7.06. The van der Waals surface area contributed by atoms with Crippen LogP contribution in [0.3, 0.4) is 0 Å². The van der Waals surface area contributed by atoms with Crippen molar-refractivity contribution in [1.82, 2.24) is 19.7 Å². The Labute approximate surface area is 173 Å². The molecule has 0 aliphatic heterocycles. The summed E-state index contributed by atoms with van der Waals surface area (Å²) in [6.45, 7) is 3.03. The molecule has 28 heavy (non-hydrogen) atoms. The van der Waals surface area contributed by atoms with Crippen LogP contribution in [0.15, 0.2) is 48.5 Å². The number of ether oxygens (including phenoxy) is 1. The largest absolute Gasteiger partial charge is 0.494 e. The fourth-order valence-electron chi connectivity index (χ4n) is 2.81. The molecule has 0 saturated carbocycles. The molecule has 1 N–H and O–H groups in total. The number of rotatable bonds is 7. The summed E-state index contributed by atoms with van der Waals surface area (Å²) in [6, 6.07) is 14.9. The molecule has 0 saturated heterocycles. The van der Waals surface area contributed by atoms with E-state index in [1.165, 1.54) is 0 Å². The van der Waals surface area contributed by atoms with E-state index >= 15 is 0 Å². The molecule has 8 heteroatoms. The molecule has 0 fully saturated rings. The van der Waals surface area contributed by atoms with Crippen LogP contribution >= 0.6 is 23.8 Å². The van der Waals surface area contributed by atoms with Gasteiger partial charge >= 0.3 is 0 Å². The van der Waals surface area contributed by atoms with Crippen molar-refractivity contribution in [3.63, 3.8) is 0 Å². The van der Waals surface area contributed by atoms with Crippen molar-refractivity contribution in [3.05, 3.63) is 63.9 Å². The van der Waals surface area contributed by atoms with Crippen LogP contribution in [0.25, 0.3) is 11.4 Å². The standard InChI is InChI=1S/C20H21ClN4O2S/c1-3-27-17-7-5-4-6-15(17)12-24(2)18(26)13-25-19(22-23-20(25)28)14-8-10-16(21)11-9-14/h4-11H,3,12-13H2,1-2H3,(H,23,28). The fourth-order valence-corrected chi connectivity index (χ4v) is 3.14. The molecule has 0 aliphatic rings. The molecule has 1 heterocycles. The van der Waals surface area contributed by atoms with Gasteiger partial charge in [-0.15, -0.1) is 0 Å². The van der Waals surface area contributed by atoms with Crippen molar-refractivity contribution in [2.24, 2.45) is 0 Å². The minimum absolute atomic E-state index is 0.0839. The lowest BCUT2D eigenvalue weighted by atomic mass is 10.2. The van der Waals surface area contributed by atoms with Crippen molar-refractivity contribution < 1.29 is 9.53 Å². The second-order valence-electron chi connectivity index (χ2n) is 6.24. The number of aromatic amines is 1. The number of aromatic nitrogens is 3. The van der Waals surface area contributed by atoms with Crippen LogP contribution in [0.5, 0.6) is 5.75 Å². The van der Waals surface area contributed by atoms with Crippen LogP contribution in [-0.2, 0) is 17.9 Å². The Morgan fingerprint density at radius 1 is 1.25 bits per heavy atom. The topological polar surface area (TPSA) is 63.1 Å². The van der Waals surface area contributed by atoms with Gasteiger partial charge in [-0.05, 0) is 49.5 Å². The van der Waals surface area contributed by atoms with Gasteiger partial charge in [0.25, 0.3) is 0 Å². The first-order chi connectivity index (χ1) is 13.5. The second kappa shape index (κ2) is 9.03. The van der Waals surface area contributed by atoms with Gasteiger partial charge in [-0.3, -0.25) is 14.5 Å².